The van der Waals surface area contributed by atoms with Crippen molar-refractivity contribution in [2.24, 2.45) is 0 Å². The lowest BCUT2D eigenvalue weighted by Gasteiger charge is -2.11. The molecule has 170 valence electrons. The van der Waals surface area contributed by atoms with Crippen LogP contribution in [-0.4, -0.2) is 43.3 Å². The van der Waals surface area contributed by atoms with Crippen LogP contribution in [0.5, 0.6) is 0 Å². The van der Waals surface area contributed by atoms with Crippen molar-refractivity contribution in [1.29, 1.82) is 5.26 Å². The van der Waals surface area contributed by atoms with Crippen LogP contribution in [0.25, 0.3) is 11.8 Å². The Morgan fingerprint density at radius 1 is 1.16 bits per heavy atom. The number of carbonyl (C=O) groups is 2. The van der Waals surface area contributed by atoms with Gasteiger partial charge in [-0.1, -0.05) is 13.3 Å². The average Bonchev–Trinajstić information content (AvgIpc) is 3.07. The van der Waals surface area contributed by atoms with Gasteiger partial charge in [0.2, 0.25) is 0 Å². The molecule has 0 radical (unpaired) electrons. The summed E-state index contributed by atoms with van der Waals surface area (Å²) in [5.74, 6) is -0.732. The molecule has 0 saturated heterocycles. The van der Waals surface area contributed by atoms with Gasteiger partial charge in [-0.05, 0) is 68.7 Å². The summed E-state index contributed by atoms with van der Waals surface area (Å²) in [6.07, 6.45) is 4.09. The number of aromatic nitrogens is 1. The molecule has 1 aromatic heterocycles. The Hall–Kier alpha value is -3.37. The van der Waals surface area contributed by atoms with Crippen molar-refractivity contribution in [1.82, 2.24) is 9.88 Å². The van der Waals surface area contributed by atoms with Gasteiger partial charge >= 0.3 is 5.97 Å². The number of ether oxygens (including phenoxy) is 2. The molecule has 7 nitrogen and oxygen atoms in total. The van der Waals surface area contributed by atoms with Gasteiger partial charge in [0.05, 0.1) is 12.2 Å². The standard InChI is InChI=1S/C25H31N3O4/c1-5-6-14-32-25(30)20-8-10-23(11-9-20)28-18(2)15-21(19(28)3)16-22(17-26)24(29)27-12-7-13-31-4/h8-11,15-16H,5-7,12-14H2,1-4H3,(H,27,29)/b22-16+. The number of nitrogens with zero attached hydrogens (tertiary/aromatic N) is 2. The van der Waals surface area contributed by atoms with Gasteiger partial charge in [-0.25, -0.2) is 4.79 Å². The maximum absolute atomic E-state index is 12.3. The molecule has 32 heavy (non-hydrogen) atoms. The molecule has 2 aromatic rings. The summed E-state index contributed by atoms with van der Waals surface area (Å²) in [6, 6.07) is 11.1. The Morgan fingerprint density at radius 2 is 1.88 bits per heavy atom. The van der Waals surface area contributed by atoms with E-state index < -0.39 is 5.91 Å². The van der Waals surface area contributed by atoms with Crippen LogP contribution < -0.4 is 5.32 Å². The third-order valence-electron chi connectivity index (χ3n) is 5.04. The van der Waals surface area contributed by atoms with Crippen molar-refractivity contribution in [3.63, 3.8) is 0 Å². The van der Waals surface area contributed by atoms with E-state index in [2.05, 4.69) is 5.32 Å². The quantitative estimate of drug-likeness (QED) is 0.247. The maximum atomic E-state index is 12.3. The van der Waals surface area contributed by atoms with Crippen molar-refractivity contribution in [2.45, 2.75) is 40.0 Å². The largest absolute Gasteiger partial charge is 0.462 e. The number of nitriles is 1. The molecule has 0 spiro atoms. The van der Waals surface area contributed by atoms with Crippen molar-refractivity contribution < 1.29 is 19.1 Å². The summed E-state index contributed by atoms with van der Waals surface area (Å²) < 4.78 is 12.2. The second kappa shape index (κ2) is 12.5. The molecule has 0 aliphatic carbocycles. The molecule has 0 atom stereocenters. The summed E-state index contributed by atoms with van der Waals surface area (Å²) >= 11 is 0. The molecule has 0 bridgehead atoms. The highest BCUT2D eigenvalue weighted by atomic mass is 16.5. The van der Waals surface area contributed by atoms with Gasteiger partial charge in [0.25, 0.3) is 5.91 Å². The van der Waals surface area contributed by atoms with Crippen LogP contribution in [0.1, 0.15) is 53.5 Å². The first-order chi connectivity index (χ1) is 15.4. The molecule has 7 heteroatoms. The average molecular weight is 438 g/mol. The summed E-state index contributed by atoms with van der Waals surface area (Å²) in [5, 5.41) is 12.2. The smallest absolute Gasteiger partial charge is 0.338 e. The van der Waals surface area contributed by atoms with Crippen LogP contribution in [0.15, 0.2) is 35.9 Å². The Bertz CT molecular complexity index is 997. The molecule has 1 amide bonds. The highest BCUT2D eigenvalue weighted by molar-refractivity contribution is 6.01. The Balaban J connectivity index is 2.20. The van der Waals surface area contributed by atoms with Crippen LogP contribution >= 0.6 is 0 Å². The summed E-state index contributed by atoms with van der Waals surface area (Å²) in [7, 11) is 1.60. The number of hydrogen-bond donors (Lipinski definition) is 1. The highest BCUT2D eigenvalue weighted by Gasteiger charge is 2.14. The molecular formula is C25H31N3O4. The minimum Gasteiger partial charge on any atom is -0.462 e. The topological polar surface area (TPSA) is 93.4 Å². The van der Waals surface area contributed by atoms with Gasteiger partial charge in [0.1, 0.15) is 11.6 Å². The van der Waals surface area contributed by atoms with E-state index in [0.29, 0.717) is 31.7 Å². The molecule has 0 aliphatic rings. The minimum absolute atomic E-state index is 0.0489. The SMILES string of the molecule is CCCCOC(=O)c1ccc(-n2c(C)cc(/C=C(\C#N)C(=O)NCCCOC)c2C)cc1. The number of nitrogens with one attached hydrogen (secondary N) is 1. The van der Waals surface area contributed by atoms with Crippen LogP contribution in [0.4, 0.5) is 0 Å². The number of rotatable bonds is 11. The molecule has 1 N–H and O–H groups in total. The zero-order valence-electron chi connectivity index (χ0n) is 19.2. The van der Waals surface area contributed by atoms with E-state index >= 15 is 0 Å². The first-order valence-corrected chi connectivity index (χ1v) is 10.8. The lowest BCUT2D eigenvalue weighted by Crippen LogP contribution is -2.26. The molecule has 1 aromatic carbocycles. The van der Waals surface area contributed by atoms with Gasteiger partial charge in [-0.15, -0.1) is 0 Å². The molecule has 2 rings (SSSR count). The Morgan fingerprint density at radius 3 is 2.50 bits per heavy atom. The number of benzene rings is 1. The lowest BCUT2D eigenvalue weighted by atomic mass is 10.1. The number of hydrogen-bond acceptors (Lipinski definition) is 5. The normalized spacial score (nSPS) is 11.2. The zero-order chi connectivity index (χ0) is 23.5. The Labute approximate surface area is 189 Å². The van der Waals surface area contributed by atoms with Gasteiger partial charge < -0.3 is 19.4 Å². The van der Waals surface area contributed by atoms with Crippen molar-refractivity contribution >= 4 is 18.0 Å². The van der Waals surface area contributed by atoms with Crippen molar-refractivity contribution in [3.8, 4) is 11.8 Å². The predicted octanol–water partition coefficient (Wildman–Crippen LogP) is 4.11. The molecule has 0 aliphatic heterocycles. The summed E-state index contributed by atoms with van der Waals surface area (Å²) in [6.45, 7) is 7.33. The molecular weight excluding hydrogens is 406 g/mol. The van der Waals surface area contributed by atoms with E-state index in [1.807, 2.05) is 49.6 Å². The second-order valence-electron chi connectivity index (χ2n) is 7.47. The third kappa shape index (κ3) is 6.56. The zero-order valence-corrected chi connectivity index (χ0v) is 19.2. The fourth-order valence-electron chi connectivity index (χ4n) is 3.29. The number of methoxy groups -OCH3 is 1. The van der Waals surface area contributed by atoms with Gasteiger partial charge in [-0.3, -0.25) is 4.79 Å². The first-order valence-electron chi connectivity index (χ1n) is 10.8. The fraction of sp³-hybridized carbons (Fsp3) is 0.400. The monoisotopic (exact) mass is 437 g/mol. The second-order valence-corrected chi connectivity index (χ2v) is 7.47. The van der Waals surface area contributed by atoms with Crippen LogP contribution in [0, 0.1) is 25.2 Å². The van der Waals surface area contributed by atoms with E-state index in [-0.39, 0.29) is 11.5 Å². The highest BCUT2D eigenvalue weighted by Crippen LogP contribution is 2.23. The van der Waals surface area contributed by atoms with Crippen LogP contribution in [-0.2, 0) is 14.3 Å². The van der Waals surface area contributed by atoms with Crippen molar-refractivity contribution in [3.05, 3.63) is 58.4 Å². The number of aryl methyl sites for hydroxylation is 1. The molecule has 0 saturated carbocycles. The lowest BCUT2D eigenvalue weighted by molar-refractivity contribution is -0.117. The molecule has 0 unspecified atom stereocenters. The van der Waals surface area contributed by atoms with Gasteiger partial charge in [-0.2, -0.15) is 5.26 Å². The fourth-order valence-corrected chi connectivity index (χ4v) is 3.29. The summed E-state index contributed by atoms with van der Waals surface area (Å²) in [5.41, 5.74) is 4.06. The van der Waals surface area contributed by atoms with Crippen molar-refractivity contribution in [2.75, 3.05) is 26.9 Å². The number of carbonyl (C=O) groups excluding carboxylic acids is 2. The van der Waals surface area contributed by atoms with Gasteiger partial charge in [0.15, 0.2) is 0 Å². The number of esters is 1. The molecule has 0 fully saturated rings. The first kappa shape index (κ1) is 24.9. The molecule has 1 heterocycles. The van der Waals surface area contributed by atoms with Crippen LogP contribution in [0.3, 0.4) is 0 Å². The minimum atomic E-state index is -0.403. The Kier molecular flexibility index (Phi) is 9.71. The van der Waals surface area contributed by atoms with Gasteiger partial charge in [0, 0.05) is 37.3 Å². The van der Waals surface area contributed by atoms with E-state index in [9.17, 15) is 14.9 Å². The van der Waals surface area contributed by atoms with E-state index in [0.717, 1.165) is 35.5 Å². The maximum Gasteiger partial charge on any atom is 0.338 e. The third-order valence-corrected chi connectivity index (χ3v) is 5.04. The number of amides is 1. The predicted molar refractivity (Wildman–Crippen MR) is 124 cm³/mol. The van der Waals surface area contributed by atoms with E-state index in [4.69, 9.17) is 9.47 Å². The summed E-state index contributed by atoms with van der Waals surface area (Å²) in [4.78, 5) is 24.4. The van der Waals surface area contributed by atoms with E-state index in [1.54, 1.807) is 25.3 Å². The van der Waals surface area contributed by atoms with Crippen LogP contribution in [0.2, 0.25) is 0 Å². The number of unbranched alkanes of at least 4 members (excludes halogenated alkanes) is 1. The van der Waals surface area contributed by atoms with E-state index in [1.165, 1.54) is 0 Å².